The predicted molar refractivity (Wildman–Crippen MR) is 80.1 cm³/mol. The molecule has 2 rings (SSSR count). The topological polar surface area (TPSA) is 63.4 Å². The van der Waals surface area contributed by atoms with Gasteiger partial charge in [-0.2, -0.15) is 22.5 Å². The summed E-state index contributed by atoms with van der Waals surface area (Å²) < 4.78 is 93.7. The summed E-state index contributed by atoms with van der Waals surface area (Å²) in [5.74, 6) is -8.17. The molecule has 0 bridgehead atoms. The van der Waals surface area contributed by atoms with Gasteiger partial charge in [0.05, 0.1) is 5.69 Å². The number of nitrogens with zero attached hydrogens (tertiary/aromatic N) is 2. The molecule has 3 N–H and O–H groups in total. The quantitative estimate of drug-likeness (QED) is 0.354. The fourth-order valence-corrected chi connectivity index (χ4v) is 1.89. The number of nitrogens with two attached hydrogens (primary N) is 1. The van der Waals surface area contributed by atoms with Crippen LogP contribution in [0.4, 0.5) is 42.1 Å². The molecule has 0 amide bonds. The molecule has 0 saturated carbocycles. The van der Waals surface area contributed by atoms with Crippen LogP contribution in [0.3, 0.4) is 0 Å². The maximum Gasteiger partial charge on any atom is 0.573 e. The Hall–Kier alpha value is -2.83. The van der Waals surface area contributed by atoms with Crippen molar-refractivity contribution in [2.24, 2.45) is 5.73 Å². The second kappa shape index (κ2) is 7.19. The van der Waals surface area contributed by atoms with Crippen molar-refractivity contribution in [3.05, 3.63) is 47.8 Å². The lowest BCUT2D eigenvalue weighted by molar-refractivity contribution is -0.274. The van der Waals surface area contributed by atoms with Crippen molar-refractivity contribution < 1.29 is 35.5 Å². The molecular formula is C13H7F7N4OS. The number of rotatable bonds is 4. The van der Waals surface area contributed by atoms with Crippen LogP contribution in [0.1, 0.15) is 0 Å². The average molecular weight is 400 g/mol. The first kappa shape index (κ1) is 19.5. The van der Waals surface area contributed by atoms with Crippen LogP contribution in [0.2, 0.25) is 0 Å². The number of nitrogens with one attached hydrogen (secondary N) is 1. The van der Waals surface area contributed by atoms with Crippen LogP contribution in [-0.4, -0.2) is 16.5 Å². The average Bonchev–Trinajstić information content (AvgIpc) is 2.52. The van der Waals surface area contributed by atoms with Gasteiger partial charge in [0.2, 0.25) is 11.6 Å². The number of anilines is 2. The second-order valence-corrected chi connectivity index (χ2v) is 4.94. The molecule has 1 heterocycles. The van der Waals surface area contributed by atoms with Crippen molar-refractivity contribution in [1.82, 2.24) is 4.98 Å². The first-order valence-electron chi connectivity index (χ1n) is 6.41. The summed E-state index contributed by atoms with van der Waals surface area (Å²) in [4.78, 5) is 2.37. The Kier molecular flexibility index (Phi) is 5.39. The smallest absolute Gasteiger partial charge is 0.406 e. The third-order valence-corrected chi connectivity index (χ3v) is 2.95. The monoisotopic (exact) mass is 400 g/mol. The molecule has 0 saturated heterocycles. The number of halogens is 7. The molecule has 0 spiro atoms. The Morgan fingerprint density at radius 3 is 1.96 bits per heavy atom. The number of aromatic nitrogens is 1. The van der Waals surface area contributed by atoms with Crippen molar-refractivity contribution >= 4 is 28.7 Å². The van der Waals surface area contributed by atoms with Gasteiger partial charge in [0.1, 0.15) is 11.4 Å². The Morgan fingerprint density at radius 2 is 1.54 bits per heavy atom. The number of thiocarbonyl (C=S) groups is 1. The summed E-state index contributed by atoms with van der Waals surface area (Å²) in [6.45, 7) is 0. The van der Waals surface area contributed by atoms with Crippen molar-refractivity contribution in [2.45, 2.75) is 6.36 Å². The van der Waals surface area contributed by atoms with Gasteiger partial charge >= 0.3 is 6.36 Å². The van der Waals surface area contributed by atoms with Gasteiger partial charge in [-0.1, -0.05) is 0 Å². The summed E-state index contributed by atoms with van der Waals surface area (Å²) in [6.07, 6.45) is -4.93. The highest BCUT2D eigenvalue weighted by Crippen LogP contribution is 2.27. The van der Waals surface area contributed by atoms with E-state index in [0.29, 0.717) is 5.01 Å². The van der Waals surface area contributed by atoms with E-state index in [4.69, 9.17) is 5.73 Å². The van der Waals surface area contributed by atoms with E-state index in [-0.39, 0.29) is 5.69 Å². The van der Waals surface area contributed by atoms with E-state index >= 15 is 0 Å². The highest BCUT2D eigenvalue weighted by Gasteiger charge is 2.31. The van der Waals surface area contributed by atoms with E-state index in [1.165, 1.54) is 0 Å². The summed E-state index contributed by atoms with van der Waals surface area (Å²) in [6, 6.07) is 3.71. The molecule has 0 fully saturated rings. The van der Waals surface area contributed by atoms with Gasteiger partial charge in [0.25, 0.3) is 11.9 Å². The minimum absolute atomic E-state index is 0.108. The summed E-state index contributed by atoms with van der Waals surface area (Å²) in [7, 11) is 0. The molecule has 140 valence electrons. The maximum atomic E-state index is 13.7. The van der Waals surface area contributed by atoms with Crippen LogP contribution in [0.25, 0.3) is 0 Å². The molecule has 26 heavy (non-hydrogen) atoms. The second-order valence-electron chi connectivity index (χ2n) is 4.52. The van der Waals surface area contributed by atoms with E-state index in [1.54, 1.807) is 0 Å². The highest BCUT2D eigenvalue weighted by molar-refractivity contribution is 7.80. The third kappa shape index (κ3) is 4.41. The van der Waals surface area contributed by atoms with Gasteiger partial charge in [0.15, 0.2) is 5.11 Å². The van der Waals surface area contributed by atoms with Gasteiger partial charge in [-0.25, -0.2) is 5.01 Å². The van der Waals surface area contributed by atoms with Gasteiger partial charge in [-0.15, -0.1) is 13.2 Å². The lowest BCUT2D eigenvalue weighted by Gasteiger charge is -2.25. The normalized spacial score (nSPS) is 11.2. The van der Waals surface area contributed by atoms with E-state index in [9.17, 15) is 30.7 Å². The molecule has 1 aromatic heterocycles. The molecule has 0 aliphatic heterocycles. The molecule has 0 atom stereocenters. The Labute approximate surface area is 146 Å². The van der Waals surface area contributed by atoms with Gasteiger partial charge in [-0.05, 0) is 36.5 Å². The third-order valence-electron chi connectivity index (χ3n) is 2.77. The predicted octanol–water partition coefficient (Wildman–Crippen LogP) is 3.61. The summed E-state index contributed by atoms with van der Waals surface area (Å²) in [5, 5.41) is 0.0403. The Balaban J connectivity index is 2.35. The first-order chi connectivity index (χ1) is 12.0. The fourth-order valence-electron chi connectivity index (χ4n) is 1.74. The number of hydrogen-bond acceptors (Lipinski definition) is 4. The summed E-state index contributed by atoms with van der Waals surface area (Å²) in [5.41, 5.74) is 5.88. The number of pyridine rings is 1. The standard InChI is InChI=1S/C13H7F7N4OS/c14-7-9(8(15)11(17)22-10(7)16)23-24(12(21)26)5-1-3-6(4-2-5)25-13(18,19)20/h1-4H,(H2,21,26)(H,22,23). The van der Waals surface area contributed by atoms with Crippen LogP contribution in [0.5, 0.6) is 5.75 Å². The van der Waals surface area contributed by atoms with E-state index in [1.807, 2.05) is 5.43 Å². The van der Waals surface area contributed by atoms with Crippen molar-refractivity contribution in [2.75, 3.05) is 10.4 Å². The van der Waals surface area contributed by atoms with Crippen LogP contribution in [0, 0.1) is 23.5 Å². The molecule has 1 aromatic carbocycles. The minimum Gasteiger partial charge on any atom is -0.406 e. The lowest BCUT2D eigenvalue weighted by Crippen LogP contribution is -2.41. The molecule has 0 unspecified atom stereocenters. The molecule has 0 aliphatic rings. The van der Waals surface area contributed by atoms with Crippen LogP contribution in [0.15, 0.2) is 24.3 Å². The number of benzene rings is 1. The Bertz CT molecular complexity index is 802. The van der Waals surface area contributed by atoms with E-state index in [0.717, 1.165) is 24.3 Å². The van der Waals surface area contributed by atoms with E-state index < -0.39 is 46.4 Å². The number of alkyl halides is 3. The molecule has 5 nitrogen and oxygen atoms in total. The van der Waals surface area contributed by atoms with Crippen molar-refractivity contribution in [3.8, 4) is 5.75 Å². The zero-order valence-electron chi connectivity index (χ0n) is 12.2. The van der Waals surface area contributed by atoms with E-state index in [2.05, 4.69) is 21.9 Å². The maximum absolute atomic E-state index is 13.7. The Morgan fingerprint density at radius 1 is 1.04 bits per heavy atom. The van der Waals surface area contributed by atoms with Gasteiger partial charge in [0, 0.05) is 0 Å². The van der Waals surface area contributed by atoms with Crippen molar-refractivity contribution in [3.63, 3.8) is 0 Å². The van der Waals surface area contributed by atoms with Crippen molar-refractivity contribution in [1.29, 1.82) is 0 Å². The zero-order valence-corrected chi connectivity index (χ0v) is 13.1. The largest absolute Gasteiger partial charge is 0.573 e. The highest BCUT2D eigenvalue weighted by atomic mass is 32.1. The minimum atomic E-state index is -4.93. The molecular weight excluding hydrogens is 393 g/mol. The molecule has 0 aliphatic carbocycles. The summed E-state index contributed by atoms with van der Waals surface area (Å²) >= 11 is 4.65. The molecule has 0 radical (unpaired) electrons. The number of ether oxygens (including phenoxy) is 1. The van der Waals surface area contributed by atoms with Crippen LogP contribution < -0.4 is 20.9 Å². The fraction of sp³-hybridized carbons (Fsp3) is 0.0769. The molecule has 2 aromatic rings. The lowest BCUT2D eigenvalue weighted by atomic mass is 10.3. The van der Waals surface area contributed by atoms with Crippen LogP contribution >= 0.6 is 12.2 Å². The van der Waals surface area contributed by atoms with Gasteiger partial charge < -0.3 is 10.5 Å². The first-order valence-corrected chi connectivity index (χ1v) is 6.82. The zero-order chi connectivity index (χ0) is 19.6. The van der Waals surface area contributed by atoms with Crippen LogP contribution in [-0.2, 0) is 0 Å². The number of hydrogen-bond donors (Lipinski definition) is 2. The SMILES string of the molecule is NC(=S)N(Nc1c(F)c(F)nc(F)c1F)c1ccc(OC(F)(F)F)cc1. The van der Waals surface area contributed by atoms with Gasteiger partial charge in [-0.3, -0.25) is 5.43 Å². The number of hydrazine groups is 1. The molecule has 13 heteroatoms.